The predicted octanol–water partition coefficient (Wildman–Crippen LogP) is 3.07. The van der Waals surface area contributed by atoms with Crippen LogP contribution in [-0.4, -0.2) is 37.4 Å². The Hall–Kier alpha value is -3.26. The first-order chi connectivity index (χ1) is 13.3. The molecule has 146 valence electrons. The molecule has 2 aromatic carbocycles. The second kappa shape index (κ2) is 8.18. The van der Waals surface area contributed by atoms with E-state index in [2.05, 4.69) is 10.6 Å². The van der Waals surface area contributed by atoms with Gasteiger partial charge >= 0.3 is 11.8 Å². The molecule has 8 heteroatoms. The van der Waals surface area contributed by atoms with Gasteiger partial charge in [-0.2, -0.15) is 0 Å². The first-order valence-corrected chi connectivity index (χ1v) is 8.54. The maximum atomic E-state index is 13.2. The first-order valence-electron chi connectivity index (χ1n) is 8.54. The zero-order valence-electron chi connectivity index (χ0n) is 15.3. The minimum Gasteiger partial charge on any atom is -0.459 e. The molecule has 1 aromatic heterocycles. The van der Waals surface area contributed by atoms with Crippen molar-refractivity contribution in [2.75, 3.05) is 26.0 Å². The van der Waals surface area contributed by atoms with Crippen molar-refractivity contribution in [2.45, 2.75) is 6.04 Å². The molecule has 1 atom stereocenters. The lowest BCUT2D eigenvalue weighted by Gasteiger charge is -2.22. The summed E-state index contributed by atoms with van der Waals surface area (Å²) in [6, 6.07) is 12.0. The van der Waals surface area contributed by atoms with E-state index >= 15 is 0 Å². The summed E-state index contributed by atoms with van der Waals surface area (Å²) in [5.74, 6) is -3.38. The fraction of sp³-hybridized carbons (Fsp3) is 0.200. The van der Waals surface area contributed by atoms with Gasteiger partial charge in [-0.25, -0.2) is 8.78 Å². The monoisotopic (exact) mass is 387 g/mol. The maximum absolute atomic E-state index is 13.2. The second-order valence-corrected chi connectivity index (χ2v) is 6.46. The average molecular weight is 387 g/mol. The summed E-state index contributed by atoms with van der Waals surface area (Å²) in [7, 11) is 3.65. The summed E-state index contributed by atoms with van der Waals surface area (Å²) in [6.07, 6.45) is 0. The van der Waals surface area contributed by atoms with Gasteiger partial charge in [0.2, 0.25) is 0 Å². The molecule has 0 bridgehead atoms. The third-order valence-electron chi connectivity index (χ3n) is 4.24. The van der Waals surface area contributed by atoms with Crippen molar-refractivity contribution in [3.05, 3.63) is 65.9 Å². The minimum atomic E-state index is -1.12. The van der Waals surface area contributed by atoms with Gasteiger partial charge in [-0.15, -0.1) is 0 Å². The highest BCUT2D eigenvalue weighted by molar-refractivity contribution is 6.39. The summed E-state index contributed by atoms with van der Waals surface area (Å²) >= 11 is 0. The Morgan fingerprint density at radius 1 is 1.04 bits per heavy atom. The molecular weight excluding hydrogens is 368 g/mol. The first kappa shape index (κ1) is 19.5. The summed E-state index contributed by atoms with van der Waals surface area (Å²) in [4.78, 5) is 25.9. The van der Waals surface area contributed by atoms with Gasteiger partial charge in [0.1, 0.15) is 11.3 Å². The van der Waals surface area contributed by atoms with Gasteiger partial charge in [-0.1, -0.05) is 18.2 Å². The predicted molar refractivity (Wildman–Crippen MR) is 101 cm³/mol. The topological polar surface area (TPSA) is 74.6 Å². The van der Waals surface area contributed by atoms with Crippen LogP contribution in [0.4, 0.5) is 14.5 Å². The van der Waals surface area contributed by atoms with E-state index in [1.54, 1.807) is 0 Å². The highest BCUT2D eigenvalue weighted by Gasteiger charge is 2.22. The Balaban J connectivity index is 1.64. The second-order valence-electron chi connectivity index (χ2n) is 6.46. The van der Waals surface area contributed by atoms with E-state index in [1.165, 1.54) is 6.07 Å². The fourth-order valence-corrected chi connectivity index (χ4v) is 2.74. The van der Waals surface area contributed by atoms with Crippen LogP contribution >= 0.6 is 0 Å². The van der Waals surface area contributed by atoms with Crippen LogP contribution in [0.3, 0.4) is 0 Å². The highest BCUT2D eigenvalue weighted by Crippen LogP contribution is 2.26. The molecule has 28 heavy (non-hydrogen) atoms. The van der Waals surface area contributed by atoms with Crippen LogP contribution in [0.1, 0.15) is 11.8 Å². The number of carbonyl (C=O) groups excluding carboxylic acids is 2. The Kier molecular flexibility index (Phi) is 5.70. The number of halogens is 2. The maximum Gasteiger partial charge on any atom is 0.313 e. The molecule has 3 rings (SSSR count). The number of nitrogens with zero attached hydrogens (tertiary/aromatic N) is 1. The van der Waals surface area contributed by atoms with Crippen molar-refractivity contribution in [2.24, 2.45) is 0 Å². The van der Waals surface area contributed by atoms with Crippen LogP contribution in [-0.2, 0) is 9.59 Å². The Morgan fingerprint density at radius 3 is 2.46 bits per heavy atom. The fourth-order valence-electron chi connectivity index (χ4n) is 2.74. The minimum absolute atomic E-state index is 0.0134. The molecule has 2 amide bonds. The van der Waals surface area contributed by atoms with Crippen molar-refractivity contribution in [3.8, 4) is 0 Å². The summed E-state index contributed by atoms with van der Waals surface area (Å²) in [5, 5.41) is 5.70. The van der Waals surface area contributed by atoms with E-state index in [0.29, 0.717) is 5.76 Å². The Labute approximate surface area is 160 Å². The van der Waals surface area contributed by atoms with E-state index in [-0.39, 0.29) is 18.3 Å². The van der Waals surface area contributed by atoms with Gasteiger partial charge < -0.3 is 15.1 Å². The van der Waals surface area contributed by atoms with Crippen LogP contribution in [0.25, 0.3) is 11.0 Å². The molecule has 0 aliphatic heterocycles. The van der Waals surface area contributed by atoms with Crippen molar-refractivity contribution < 1.29 is 22.8 Å². The number of para-hydroxylation sites is 1. The standard InChI is InChI=1S/C20H19F2N3O3/c1-25(2)16(18-9-12-5-3-4-6-17(12)28-18)11-23-19(26)20(27)24-13-7-8-14(21)15(22)10-13/h3-10,16H,11H2,1-2H3,(H,23,26)(H,24,27). The molecule has 0 saturated carbocycles. The SMILES string of the molecule is CN(C)C(CNC(=O)C(=O)Nc1ccc(F)c(F)c1)c1cc2ccccc2o1. The third kappa shape index (κ3) is 4.34. The van der Waals surface area contributed by atoms with E-state index < -0.39 is 23.4 Å². The lowest BCUT2D eigenvalue weighted by Crippen LogP contribution is -2.40. The van der Waals surface area contributed by atoms with Gasteiger partial charge in [0.15, 0.2) is 11.6 Å². The molecule has 0 aliphatic rings. The highest BCUT2D eigenvalue weighted by atomic mass is 19.2. The van der Waals surface area contributed by atoms with Gasteiger partial charge in [0, 0.05) is 23.7 Å². The van der Waals surface area contributed by atoms with Gasteiger partial charge in [-0.05, 0) is 38.4 Å². The number of fused-ring (bicyclic) bond motifs is 1. The van der Waals surface area contributed by atoms with Crippen molar-refractivity contribution in [1.82, 2.24) is 10.2 Å². The molecule has 6 nitrogen and oxygen atoms in total. The smallest absolute Gasteiger partial charge is 0.313 e. The molecule has 0 saturated heterocycles. The third-order valence-corrected chi connectivity index (χ3v) is 4.24. The largest absolute Gasteiger partial charge is 0.459 e. The van der Waals surface area contributed by atoms with E-state index in [4.69, 9.17) is 4.42 Å². The lowest BCUT2D eigenvalue weighted by atomic mass is 10.2. The van der Waals surface area contributed by atoms with E-state index in [0.717, 1.165) is 23.1 Å². The summed E-state index contributed by atoms with van der Waals surface area (Å²) < 4.78 is 32.0. The molecule has 0 aliphatic carbocycles. The Morgan fingerprint density at radius 2 is 1.79 bits per heavy atom. The van der Waals surface area contributed by atoms with Crippen molar-refractivity contribution >= 4 is 28.5 Å². The van der Waals surface area contributed by atoms with Gasteiger partial charge in [-0.3, -0.25) is 14.5 Å². The average Bonchev–Trinajstić information content (AvgIpc) is 3.08. The number of rotatable bonds is 5. The number of amides is 2. The molecule has 0 radical (unpaired) electrons. The molecule has 1 unspecified atom stereocenters. The number of hydrogen-bond acceptors (Lipinski definition) is 4. The van der Waals surface area contributed by atoms with Crippen LogP contribution in [0.5, 0.6) is 0 Å². The lowest BCUT2D eigenvalue weighted by molar-refractivity contribution is -0.136. The van der Waals surface area contributed by atoms with Crippen LogP contribution in [0, 0.1) is 11.6 Å². The van der Waals surface area contributed by atoms with Gasteiger partial charge in [0.25, 0.3) is 0 Å². The van der Waals surface area contributed by atoms with Crippen LogP contribution in [0.2, 0.25) is 0 Å². The van der Waals surface area contributed by atoms with Crippen molar-refractivity contribution in [3.63, 3.8) is 0 Å². The van der Waals surface area contributed by atoms with Crippen LogP contribution in [0.15, 0.2) is 52.9 Å². The van der Waals surface area contributed by atoms with Gasteiger partial charge in [0.05, 0.1) is 6.04 Å². The van der Waals surface area contributed by atoms with Crippen molar-refractivity contribution in [1.29, 1.82) is 0 Å². The van der Waals surface area contributed by atoms with E-state index in [9.17, 15) is 18.4 Å². The number of carbonyl (C=O) groups is 2. The molecular formula is C20H19F2N3O3. The Bertz CT molecular complexity index is 984. The number of benzene rings is 2. The molecule has 0 fully saturated rings. The summed E-state index contributed by atoms with van der Waals surface area (Å²) in [6.45, 7) is 0.122. The quantitative estimate of drug-likeness (QED) is 0.660. The van der Waals surface area contributed by atoms with E-state index in [1.807, 2.05) is 49.3 Å². The zero-order valence-corrected chi connectivity index (χ0v) is 15.3. The molecule has 1 heterocycles. The number of likely N-dealkylation sites (N-methyl/N-ethyl adjacent to an activating group) is 1. The number of hydrogen-bond donors (Lipinski definition) is 2. The summed E-state index contributed by atoms with van der Waals surface area (Å²) in [5.41, 5.74) is 0.715. The normalized spacial score (nSPS) is 12.2. The zero-order chi connectivity index (χ0) is 20.3. The molecule has 0 spiro atoms. The number of anilines is 1. The molecule has 3 aromatic rings. The van der Waals surface area contributed by atoms with Crippen LogP contribution < -0.4 is 10.6 Å². The number of furan rings is 1. The molecule has 2 N–H and O–H groups in total. The number of nitrogens with one attached hydrogen (secondary N) is 2.